The Kier molecular flexibility index (Phi) is 7.85. The summed E-state index contributed by atoms with van der Waals surface area (Å²) in [6, 6.07) is 14.2. The molecule has 0 saturated carbocycles. The van der Waals surface area contributed by atoms with Crippen molar-refractivity contribution in [2.45, 2.75) is 19.9 Å². The maximum atomic E-state index is 12.6. The predicted molar refractivity (Wildman–Crippen MR) is 119 cm³/mol. The Bertz CT molecular complexity index is 864. The number of carbonyl (C=O) groups is 2. The van der Waals surface area contributed by atoms with Crippen LogP contribution in [0.2, 0.25) is 5.02 Å². The highest BCUT2D eigenvalue weighted by atomic mass is 35.5. The van der Waals surface area contributed by atoms with Crippen LogP contribution in [-0.2, 0) is 4.79 Å². The molecule has 6 nitrogen and oxygen atoms in total. The molecule has 1 aliphatic heterocycles. The average molecular weight is 430 g/mol. The molecule has 1 aliphatic rings. The molecule has 0 spiro atoms. The first kappa shape index (κ1) is 22.3. The fourth-order valence-electron chi connectivity index (χ4n) is 3.42. The van der Waals surface area contributed by atoms with Crippen molar-refractivity contribution < 1.29 is 14.3 Å². The molecule has 7 heteroatoms. The second-order valence-electron chi connectivity index (χ2n) is 7.46. The van der Waals surface area contributed by atoms with Crippen molar-refractivity contribution in [2.75, 3.05) is 44.6 Å². The molecule has 0 aliphatic carbocycles. The minimum atomic E-state index is -0.223. The number of hydrogen-bond donors (Lipinski definition) is 1. The van der Waals surface area contributed by atoms with Gasteiger partial charge in [0.2, 0.25) is 5.91 Å². The van der Waals surface area contributed by atoms with Crippen molar-refractivity contribution in [2.24, 2.45) is 0 Å². The van der Waals surface area contributed by atoms with Gasteiger partial charge >= 0.3 is 0 Å². The third-order valence-corrected chi connectivity index (χ3v) is 5.71. The van der Waals surface area contributed by atoms with E-state index in [1.54, 1.807) is 24.3 Å². The van der Waals surface area contributed by atoms with Crippen molar-refractivity contribution in [3.8, 4) is 5.75 Å². The number of nitrogens with one attached hydrogen (secondary N) is 1. The normalized spacial score (nSPS) is 16.1. The largest absolute Gasteiger partial charge is 0.491 e. The number of rotatable bonds is 8. The van der Waals surface area contributed by atoms with E-state index in [-0.39, 0.29) is 17.7 Å². The van der Waals surface area contributed by atoms with Crippen molar-refractivity contribution in [1.82, 2.24) is 9.80 Å². The van der Waals surface area contributed by atoms with Crippen LogP contribution >= 0.6 is 11.6 Å². The summed E-state index contributed by atoms with van der Waals surface area (Å²) in [5.74, 6) is 0.678. The number of carbonyl (C=O) groups excluding carboxylic acids is 2. The first-order chi connectivity index (χ1) is 14.4. The molecule has 1 saturated heterocycles. The first-order valence-electron chi connectivity index (χ1n) is 10.2. The van der Waals surface area contributed by atoms with E-state index in [9.17, 15) is 9.59 Å². The lowest BCUT2D eigenvalue weighted by Crippen LogP contribution is -2.53. The minimum absolute atomic E-state index is 0.0105. The molecule has 3 rings (SSSR count). The number of benzene rings is 2. The Balaban J connectivity index is 1.40. The van der Waals surface area contributed by atoms with Crippen LogP contribution in [-0.4, -0.2) is 66.9 Å². The van der Waals surface area contributed by atoms with E-state index >= 15 is 0 Å². The highest BCUT2D eigenvalue weighted by molar-refractivity contribution is 6.32. The molecule has 1 heterocycles. The quantitative estimate of drug-likeness (QED) is 0.650. The molecule has 1 N–H and O–H groups in total. The van der Waals surface area contributed by atoms with Crippen LogP contribution in [0, 0.1) is 0 Å². The van der Waals surface area contributed by atoms with Gasteiger partial charge < -0.3 is 10.1 Å². The molecule has 160 valence electrons. The van der Waals surface area contributed by atoms with Gasteiger partial charge in [0.25, 0.3) is 0 Å². The van der Waals surface area contributed by atoms with Crippen LogP contribution in [0.3, 0.4) is 0 Å². The number of nitrogens with zero attached hydrogens (tertiary/aromatic N) is 2. The Morgan fingerprint density at radius 2 is 1.73 bits per heavy atom. The second kappa shape index (κ2) is 10.6. The fourth-order valence-corrected chi connectivity index (χ4v) is 3.61. The second-order valence-corrected chi connectivity index (χ2v) is 7.86. The summed E-state index contributed by atoms with van der Waals surface area (Å²) < 4.78 is 5.77. The van der Waals surface area contributed by atoms with Gasteiger partial charge in [0.15, 0.2) is 5.78 Å². The zero-order valence-corrected chi connectivity index (χ0v) is 18.2. The van der Waals surface area contributed by atoms with Crippen LogP contribution in [0.25, 0.3) is 0 Å². The van der Waals surface area contributed by atoms with Gasteiger partial charge in [0, 0.05) is 44.0 Å². The monoisotopic (exact) mass is 429 g/mol. The number of hydrogen-bond acceptors (Lipinski definition) is 5. The summed E-state index contributed by atoms with van der Waals surface area (Å²) in [5.41, 5.74) is 1.34. The van der Waals surface area contributed by atoms with Gasteiger partial charge in [-0.05, 0) is 50.2 Å². The Hall–Kier alpha value is -2.41. The number of piperazine rings is 1. The highest BCUT2D eigenvalue weighted by Crippen LogP contribution is 2.23. The topological polar surface area (TPSA) is 61.9 Å². The predicted octanol–water partition coefficient (Wildman–Crippen LogP) is 3.57. The van der Waals surface area contributed by atoms with Gasteiger partial charge in [0.1, 0.15) is 12.4 Å². The van der Waals surface area contributed by atoms with Crippen LogP contribution < -0.4 is 10.1 Å². The molecule has 0 bridgehead atoms. The standard InChI is InChI=1S/C23H28ClN3O3/c1-17(23(29)25-20-9-7-19(8-10-20)18(2)28)27-13-11-26(12-14-27)15-16-30-22-6-4-3-5-21(22)24/h3-10,17H,11-16H2,1-2H3,(H,25,29). The molecule has 2 aromatic rings. The average Bonchev–Trinajstić information content (AvgIpc) is 2.75. The molecule has 1 unspecified atom stereocenters. The highest BCUT2D eigenvalue weighted by Gasteiger charge is 2.25. The van der Waals surface area contributed by atoms with E-state index in [0.717, 1.165) is 32.7 Å². The molecule has 30 heavy (non-hydrogen) atoms. The van der Waals surface area contributed by atoms with Crippen molar-refractivity contribution >= 4 is 29.0 Å². The Morgan fingerprint density at radius 3 is 2.37 bits per heavy atom. The van der Waals surface area contributed by atoms with Crippen LogP contribution in [0.5, 0.6) is 5.75 Å². The molecule has 0 aromatic heterocycles. The van der Waals surface area contributed by atoms with Crippen LogP contribution in [0.1, 0.15) is 24.2 Å². The van der Waals surface area contributed by atoms with E-state index in [4.69, 9.17) is 16.3 Å². The molecule has 2 aromatic carbocycles. The number of para-hydroxylation sites is 1. The summed E-state index contributed by atoms with van der Waals surface area (Å²) in [6.45, 7) is 8.27. The number of ether oxygens (including phenoxy) is 1. The molecular weight excluding hydrogens is 402 g/mol. The van der Waals surface area contributed by atoms with Crippen molar-refractivity contribution in [1.29, 1.82) is 0 Å². The minimum Gasteiger partial charge on any atom is -0.491 e. The van der Waals surface area contributed by atoms with Crippen LogP contribution in [0.15, 0.2) is 48.5 Å². The first-order valence-corrected chi connectivity index (χ1v) is 10.6. The van der Waals surface area contributed by atoms with Gasteiger partial charge in [-0.25, -0.2) is 0 Å². The maximum absolute atomic E-state index is 12.6. The zero-order chi connectivity index (χ0) is 21.5. The van der Waals surface area contributed by atoms with Crippen molar-refractivity contribution in [3.63, 3.8) is 0 Å². The third kappa shape index (κ3) is 6.05. The lowest BCUT2D eigenvalue weighted by atomic mass is 10.1. The van der Waals surface area contributed by atoms with Gasteiger partial charge in [-0.1, -0.05) is 23.7 Å². The molecule has 1 amide bonds. The number of anilines is 1. The van der Waals surface area contributed by atoms with E-state index in [1.807, 2.05) is 31.2 Å². The van der Waals surface area contributed by atoms with Gasteiger partial charge in [-0.15, -0.1) is 0 Å². The molecule has 0 radical (unpaired) electrons. The Morgan fingerprint density at radius 1 is 1.07 bits per heavy atom. The maximum Gasteiger partial charge on any atom is 0.241 e. The summed E-state index contributed by atoms with van der Waals surface area (Å²) in [6.07, 6.45) is 0. The Labute approximate surface area is 182 Å². The molecule has 1 fully saturated rings. The number of amides is 1. The third-order valence-electron chi connectivity index (χ3n) is 5.39. The van der Waals surface area contributed by atoms with E-state index in [2.05, 4.69) is 15.1 Å². The van der Waals surface area contributed by atoms with E-state index in [0.29, 0.717) is 28.6 Å². The summed E-state index contributed by atoms with van der Waals surface area (Å²) >= 11 is 6.11. The lowest BCUT2D eigenvalue weighted by Gasteiger charge is -2.37. The number of halogens is 1. The molecular formula is C23H28ClN3O3. The smallest absolute Gasteiger partial charge is 0.241 e. The summed E-state index contributed by atoms with van der Waals surface area (Å²) in [7, 11) is 0. The summed E-state index contributed by atoms with van der Waals surface area (Å²) in [4.78, 5) is 28.5. The van der Waals surface area contributed by atoms with E-state index < -0.39 is 0 Å². The van der Waals surface area contributed by atoms with Gasteiger partial charge in [-0.3, -0.25) is 19.4 Å². The zero-order valence-electron chi connectivity index (χ0n) is 17.4. The number of Topliss-reactive ketones (excluding diaryl/α,β-unsaturated/α-hetero) is 1. The van der Waals surface area contributed by atoms with Crippen LogP contribution in [0.4, 0.5) is 5.69 Å². The van der Waals surface area contributed by atoms with Gasteiger partial charge in [-0.2, -0.15) is 0 Å². The van der Waals surface area contributed by atoms with Gasteiger partial charge in [0.05, 0.1) is 11.1 Å². The lowest BCUT2D eigenvalue weighted by molar-refractivity contribution is -0.121. The van der Waals surface area contributed by atoms with E-state index in [1.165, 1.54) is 6.92 Å². The summed E-state index contributed by atoms with van der Waals surface area (Å²) in [5, 5.41) is 3.56. The number of ketones is 1. The fraction of sp³-hybridized carbons (Fsp3) is 0.391. The molecule has 1 atom stereocenters. The van der Waals surface area contributed by atoms with Crippen molar-refractivity contribution in [3.05, 3.63) is 59.1 Å². The SMILES string of the molecule is CC(=O)c1ccc(NC(=O)C(C)N2CCN(CCOc3ccccc3Cl)CC2)cc1.